The van der Waals surface area contributed by atoms with E-state index in [2.05, 4.69) is 18.7 Å². The van der Waals surface area contributed by atoms with Gasteiger partial charge in [0.05, 0.1) is 6.61 Å². The van der Waals surface area contributed by atoms with E-state index in [1.54, 1.807) is 0 Å². The summed E-state index contributed by atoms with van der Waals surface area (Å²) in [6.07, 6.45) is 2.63. The van der Waals surface area contributed by atoms with Gasteiger partial charge in [0.2, 0.25) is 0 Å². The molecule has 1 fully saturated rings. The average Bonchev–Trinajstić information content (AvgIpc) is 2.06. The molecule has 72 valence electrons. The maximum absolute atomic E-state index is 8.75. The van der Waals surface area contributed by atoms with Crippen molar-refractivity contribution in [1.82, 2.24) is 4.90 Å². The Balaban J connectivity index is 2.20. The molecule has 1 heterocycles. The molecule has 0 saturated carbocycles. The van der Waals surface area contributed by atoms with Crippen molar-refractivity contribution < 1.29 is 5.11 Å². The Morgan fingerprint density at radius 1 is 1.33 bits per heavy atom. The number of hydrogen-bond donors (Lipinski definition) is 1. The van der Waals surface area contributed by atoms with Gasteiger partial charge >= 0.3 is 0 Å². The largest absolute Gasteiger partial charge is 0.395 e. The lowest BCUT2D eigenvalue weighted by Gasteiger charge is -2.33. The molecule has 1 rings (SSSR count). The van der Waals surface area contributed by atoms with E-state index in [9.17, 15) is 0 Å². The van der Waals surface area contributed by atoms with Crippen LogP contribution in [0.15, 0.2) is 0 Å². The number of piperidine rings is 1. The van der Waals surface area contributed by atoms with E-state index in [4.69, 9.17) is 5.11 Å². The van der Waals surface area contributed by atoms with Crippen molar-refractivity contribution in [3.05, 3.63) is 0 Å². The molecule has 0 aliphatic carbocycles. The Morgan fingerprint density at radius 3 is 2.33 bits per heavy atom. The fourth-order valence-corrected chi connectivity index (χ4v) is 1.98. The van der Waals surface area contributed by atoms with Gasteiger partial charge < -0.3 is 10.0 Å². The summed E-state index contributed by atoms with van der Waals surface area (Å²) in [5.41, 5.74) is 0. The Bertz CT molecular complexity index is 117. The molecule has 0 aromatic carbocycles. The number of rotatable bonds is 3. The summed E-state index contributed by atoms with van der Waals surface area (Å²) >= 11 is 0. The highest BCUT2D eigenvalue weighted by atomic mass is 16.3. The van der Waals surface area contributed by atoms with E-state index in [1.165, 1.54) is 25.9 Å². The minimum atomic E-state index is 0.312. The molecule has 1 N–H and O–H groups in total. The van der Waals surface area contributed by atoms with Gasteiger partial charge in [0.25, 0.3) is 0 Å². The molecule has 1 aliphatic heterocycles. The SMILES string of the molecule is CC(C)C1CCN(CCO)CC1. The summed E-state index contributed by atoms with van der Waals surface area (Å²) in [5, 5.41) is 8.75. The van der Waals surface area contributed by atoms with Crippen LogP contribution >= 0.6 is 0 Å². The lowest BCUT2D eigenvalue weighted by atomic mass is 9.87. The van der Waals surface area contributed by atoms with Crippen LogP contribution in [0.25, 0.3) is 0 Å². The molecule has 0 unspecified atom stereocenters. The van der Waals surface area contributed by atoms with Crippen LogP contribution in [0.5, 0.6) is 0 Å². The Kier molecular flexibility index (Phi) is 4.02. The smallest absolute Gasteiger partial charge is 0.0558 e. The lowest BCUT2D eigenvalue weighted by molar-refractivity contribution is 0.131. The topological polar surface area (TPSA) is 23.5 Å². The second kappa shape index (κ2) is 4.83. The predicted molar refractivity (Wildman–Crippen MR) is 51.1 cm³/mol. The normalized spacial score (nSPS) is 22.0. The highest BCUT2D eigenvalue weighted by Crippen LogP contribution is 2.23. The van der Waals surface area contributed by atoms with Crippen LogP contribution in [-0.2, 0) is 0 Å². The molecule has 0 radical (unpaired) electrons. The zero-order valence-electron chi connectivity index (χ0n) is 8.29. The number of β-amino-alcohol motifs (C(OH)–C–C–N with tert-alkyl or cyclic N) is 1. The average molecular weight is 171 g/mol. The highest BCUT2D eigenvalue weighted by Gasteiger charge is 2.20. The third kappa shape index (κ3) is 2.76. The van der Waals surface area contributed by atoms with Crippen molar-refractivity contribution >= 4 is 0 Å². The third-order valence-electron chi connectivity index (χ3n) is 2.99. The van der Waals surface area contributed by atoms with Crippen molar-refractivity contribution in [3.63, 3.8) is 0 Å². The minimum Gasteiger partial charge on any atom is -0.395 e. The van der Waals surface area contributed by atoms with Crippen molar-refractivity contribution in [2.24, 2.45) is 11.8 Å². The number of nitrogens with zero attached hydrogens (tertiary/aromatic N) is 1. The summed E-state index contributed by atoms with van der Waals surface area (Å²) in [6.45, 7) is 8.17. The van der Waals surface area contributed by atoms with E-state index in [1.807, 2.05) is 0 Å². The van der Waals surface area contributed by atoms with E-state index >= 15 is 0 Å². The van der Waals surface area contributed by atoms with E-state index in [-0.39, 0.29) is 0 Å². The van der Waals surface area contributed by atoms with E-state index in [0.717, 1.165) is 18.4 Å². The standard InChI is InChI=1S/C10H21NO/c1-9(2)10-3-5-11(6-4-10)7-8-12/h9-10,12H,3-8H2,1-2H3. The molecule has 12 heavy (non-hydrogen) atoms. The van der Waals surface area contributed by atoms with Crippen molar-refractivity contribution in [3.8, 4) is 0 Å². The number of hydrogen-bond acceptors (Lipinski definition) is 2. The van der Waals surface area contributed by atoms with Gasteiger partial charge in [-0.1, -0.05) is 13.8 Å². The molecule has 0 aromatic heterocycles. The zero-order chi connectivity index (χ0) is 8.97. The van der Waals surface area contributed by atoms with E-state index < -0.39 is 0 Å². The van der Waals surface area contributed by atoms with Crippen molar-refractivity contribution in [1.29, 1.82) is 0 Å². The summed E-state index contributed by atoms with van der Waals surface area (Å²) in [5.74, 6) is 1.75. The van der Waals surface area contributed by atoms with Gasteiger partial charge in [0, 0.05) is 6.54 Å². The van der Waals surface area contributed by atoms with E-state index in [0.29, 0.717) is 6.61 Å². The lowest BCUT2D eigenvalue weighted by Crippen LogP contribution is -2.36. The van der Waals surface area contributed by atoms with Crippen LogP contribution in [0.4, 0.5) is 0 Å². The first-order valence-corrected chi connectivity index (χ1v) is 5.07. The van der Waals surface area contributed by atoms with Gasteiger partial charge in [-0.2, -0.15) is 0 Å². The monoisotopic (exact) mass is 171 g/mol. The van der Waals surface area contributed by atoms with Gasteiger partial charge in [0.1, 0.15) is 0 Å². The van der Waals surface area contributed by atoms with Crippen LogP contribution in [0, 0.1) is 11.8 Å². The first kappa shape index (κ1) is 10.0. The van der Waals surface area contributed by atoms with Crippen LogP contribution < -0.4 is 0 Å². The second-order valence-corrected chi connectivity index (χ2v) is 4.15. The summed E-state index contributed by atoms with van der Waals surface area (Å²) in [6, 6.07) is 0. The first-order valence-electron chi connectivity index (χ1n) is 5.07. The van der Waals surface area contributed by atoms with Crippen molar-refractivity contribution in [2.75, 3.05) is 26.2 Å². The van der Waals surface area contributed by atoms with Gasteiger partial charge in [-0.3, -0.25) is 0 Å². The molecule has 0 spiro atoms. The maximum Gasteiger partial charge on any atom is 0.0558 e. The van der Waals surface area contributed by atoms with Gasteiger partial charge in [-0.05, 0) is 37.8 Å². The quantitative estimate of drug-likeness (QED) is 0.693. The fraction of sp³-hybridized carbons (Fsp3) is 1.00. The molecule has 0 amide bonds. The third-order valence-corrected chi connectivity index (χ3v) is 2.99. The molecule has 0 atom stereocenters. The number of aliphatic hydroxyl groups is 1. The first-order chi connectivity index (χ1) is 5.74. The Hall–Kier alpha value is -0.0800. The molecular weight excluding hydrogens is 150 g/mol. The number of likely N-dealkylation sites (tertiary alicyclic amines) is 1. The molecule has 2 heteroatoms. The van der Waals surface area contributed by atoms with Gasteiger partial charge in [0.15, 0.2) is 0 Å². The number of aliphatic hydroxyl groups excluding tert-OH is 1. The molecular formula is C10H21NO. The molecule has 0 bridgehead atoms. The molecule has 2 nitrogen and oxygen atoms in total. The van der Waals surface area contributed by atoms with Crippen LogP contribution in [0.2, 0.25) is 0 Å². The minimum absolute atomic E-state index is 0.312. The van der Waals surface area contributed by atoms with Crippen molar-refractivity contribution in [2.45, 2.75) is 26.7 Å². The molecule has 1 aliphatic rings. The van der Waals surface area contributed by atoms with Crippen LogP contribution in [-0.4, -0.2) is 36.2 Å². The Morgan fingerprint density at radius 2 is 1.92 bits per heavy atom. The van der Waals surface area contributed by atoms with Crippen LogP contribution in [0.3, 0.4) is 0 Å². The van der Waals surface area contributed by atoms with Gasteiger partial charge in [-0.15, -0.1) is 0 Å². The predicted octanol–water partition coefficient (Wildman–Crippen LogP) is 1.35. The second-order valence-electron chi connectivity index (χ2n) is 4.15. The highest BCUT2D eigenvalue weighted by molar-refractivity contribution is 4.73. The van der Waals surface area contributed by atoms with Gasteiger partial charge in [-0.25, -0.2) is 0 Å². The Labute approximate surface area is 75.6 Å². The fourth-order valence-electron chi connectivity index (χ4n) is 1.98. The zero-order valence-corrected chi connectivity index (χ0v) is 8.29. The maximum atomic E-state index is 8.75. The summed E-state index contributed by atoms with van der Waals surface area (Å²) < 4.78 is 0. The molecule has 0 aromatic rings. The summed E-state index contributed by atoms with van der Waals surface area (Å²) in [7, 11) is 0. The summed E-state index contributed by atoms with van der Waals surface area (Å²) in [4.78, 5) is 2.36. The van der Waals surface area contributed by atoms with Crippen LogP contribution in [0.1, 0.15) is 26.7 Å². The molecule has 1 saturated heterocycles.